The van der Waals surface area contributed by atoms with Crippen molar-refractivity contribution in [1.82, 2.24) is 15.6 Å². The molecule has 0 bridgehead atoms. The van der Waals surface area contributed by atoms with Gasteiger partial charge in [0.25, 0.3) is 0 Å². The molecule has 118 valence electrons. The zero-order valence-corrected chi connectivity index (χ0v) is 14.5. The lowest BCUT2D eigenvalue weighted by atomic mass is 9.91. The number of nitrogens with one attached hydrogen (secondary N) is 2. The Morgan fingerprint density at radius 1 is 1.23 bits per heavy atom. The van der Waals surface area contributed by atoms with Crippen LogP contribution in [0.5, 0.6) is 0 Å². The molecule has 0 radical (unpaired) electrons. The summed E-state index contributed by atoms with van der Waals surface area (Å²) in [6.07, 6.45) is 0. The summed E-state index contributed by atoms with van der Waals surface area (Å²) in [5.74, 6) is 0.799. The molecule has 0 saturated heterocycles. The largest absolute Gasteiger partial charge is 0.356 e. The van der Waals surface area contributed by atoms with Crippen molar-refractivity contribution < 1.29 is 0 Å². The van der Waals surface area contributed by atoms with Gasteiger partial charge in [-0.2, -0.15) is 0 Å². The van der Waals surface area contributed by atoms with Gasteiger partial charge < -0.3 is 10.6 Å². The van der Waals surface area contributed by atoms with Crippen LogP contribution in [-0.2, 0) is 12.0 Å². The number of guanidine groups is 1. The second-order valence-electron chi connectivity index (χ2n) is 5.91. The van der Waals surface area contributed by atoms with Gasteiger partial charge in [0.1, 0.15) is 0 Å². The maximum Gasteiger partial charge on any atom is 0.191 e. The molecule has 0 aromatic carbocycles. The fourth-order valence-corrected chi connectivity index (χ4v) is 3.00. The highest BCUT2D eigenvalue weighted by atomic mass is 32.1. The summed E-state index contributed by atoms with van der Waals surface area (Å²) < 4.78 is 0. The number of hydrogen-bond donors (Lipinski definition) is 2. The molecule has 0 aliphatic carbocycles. The molecule has 0 aliphatic heterocycles. The van der Waals surface area contributed by atoms with Crippen molar-refractivity contribution in [1.29, 1.82) is 0 Å². The first-order valence-electron chi connectivity index (χ1n) is 7.42. The van der Waals surface area contributed by atoms with Crippen LogP contribution in [0, 0.1) is 6.92 Å². The van der Waals surface area contributed by atoms with Crippen LogP contribution in [-0.4, -0.2) is 24.5 Å². The third-order valence-electron chi connectivity index (χ3n) is 3.49. The number of hydrogen-bond acceptors (Lipinski definition) is 3. The zero-order chi connectivity index (χ0) is 16.0. The van der Waals surface area contributed by atoms with Crippen LogP contribution >= 0.6 is 11.3 Å². The molecule has 2 aromatic heterocycles. The SMILES string of the molecule is CN=C(NCc1cccc(C)n1)NCC(C)(C)c1cccs1. The first-order chi connectivity index (χ1) is 10.5. The van der Waals surface area contributed by atoms with Crippen molar-refractivity contribution in [2.45, 2.75) is 32.7 Å². The molecule has 2 rings (SSSR count). The van der Waals surface area contributed by atoms with Crippen LogP contribution in [0.4, 0.5) is 0 Å². The highest BCUT2D eigenvalue weighted by Gasteiger charge is 2.21. The third-order valence-corrected chi connectivity index (χ3v) is 4.73. The van der Waals surface area contributed by atoms with Crippen LogP contribution in [0.15, 0.2) is 40.7 Å². The zero-order valence-electron chi connectivity index (χ0n) is 13.7. The Kier molecular flexibility index (Phi) is 5.55. The van der Waals surface area contributed by atoms with Crippen molar-refractivity contribution in [3.05, 3.63) is 52.0 Å². The van der Waals surface area contributed by atoms with Gasteiger partial charge in [-0.25, -0.2) is 0 Å². The van der Waals surface area contributed by atoms with Crippen LogP contribution in [0.1, 0.15) is 30.1 Å². The molecule has 0 atom stereocenters. The molecule has 0 aliphatic rings. The average molecular weight is 316 g/mol. The second-order valence-corrected chi connectivity index (χ2v) is 6.86. The normalized spacial score (nSPS) is 12.3. The summed E-state index contributed by atoms with van der Waals surface area (Å²) >= 11 is 1.79. The van der Waals surface area contributed by atoms with Gasteiger partial charge in [-0.3, -0.25) is 9.98 Å². The first-order valence-corrected chi connectivity index (χ1v) is 8.30. The van der Waals surface area contributed by atoms with Gasteiger partial charge in [-0.15, -0.1) is 11.3 Å². The summed E-state index contributed by atoms with van der Waals surface area (Å²) in [6, 6.07) is 10.3. The Morgan fingerprint density at radius 2 is 2.05 bits per heavy atom. The third kappa shape index (κ3) is 4.56. The van der Waals surface area contributed by atoms with E-state index in [2.05, 4.69) is 52.0 Å². The number of rotatable bonds is 5. The van der Waals surface area contributed by atoms with Crippen molar-refractivity contribution in [2.24, 2.45) is 4.99 Å². The predicted molar refractivity (Wildman–Crippen MR) is 94.5 cm³/mol. The van der Waals surface area contributed by atoms with Gasteiger partial charge in [0, 0.05) is 29.6 Å². The number of aryl methyl sites for hydroxylation is 1. The van der Waals surface area contributed by atoms with Gasteiger partial charge in [-0.05, 0) is 30.5 Å². The average Bonchev–Trinajstić information content (AvgIpc) is 3.02. The molecule has 0 unspecified atom stereocenters. The molecule has 22 heavy (non-hydrogen) atoms. The summed E-state index contributed by atoms with van der Waals surface area (Å²) in [5.41, 5.74) is 2.12. The second kappa shape index (κ2) is 7.40. The Morgan fingerprint density at radius 3 is 2.68 bits per heavy atom. The molecule has 0 amide bonds. The smallest absolute Gasteiger partial charge is 0.191 e. The van der Waals surface area contributed by atoms with E-state index in [9.17, 15) is 0 Å². The molecular weight excluding hydrogens is 292 g/mol. The van der Waals surface area contributed by atoms with Crippen molar-refractivity contribution in [2.75, 3.05) is 13.6 Å². The summed E-state index contributed by atoms with van der Waals surface area (Å²) in [7, 11) is 1.79. The first kappa shape index (κ1) is 16.5. The van der Waals surface area contributed by atoms with E-state index in [1.807, 2.05) is 25.1 Å². The van der Waals surface area contributed by atoms with Gasteiger partial charge >= 0.3 is 0 Å². The number of aliphatic imine (C=N–C) groups is 1. The van der Waals surface area contributed by atoms with E-state index in [0.29, 0.717) is 6.54 Å². The fraction of sp³-hybridized carbons (Fsp3) is 0.412. The van der Waals surface area contributed by atoms with E-state index in [-0.39, 0.29) is 5.41 Å². The molecule has 2 heterocycles. The highest BCUT2D eigenvalue weighted by Crippen LogP contribution is 2.26. The van der Waals surface area contributed by atoms with Crippen molar-refractivity contribution >= 4 is 17.3 Å². The van der Waals surface area contributed by atoms with E-state index >= 15 is 0 Å². The van der Waals surface area contributed by atoms with E-state index in [1.54, 1.807) is 18.4 Å². The van der Waals surface area contributed by atoms with Crippen LogP contribution in [0.3, 0.4) is 0 Å². The van der Waals surface area contributed by atoms with Crippen LogP contribution in [0.25, 0.3) is 0 Å². The summed E-state index contributed by atoms with van der Waals surface area (Å²) in [4.78, 5) is 10.1. The summed E-state index contributed by atoms with van der Waals surface area (Å²) in [6.45, 7) is 7.97. The Labute approximate surface area is 136 Å². The minimum atomic E-state index is 0.0768. The topological polar surface area (TPSA) is 49.3 Å². The maximum atomic E-state index is 4.49. The molecule has 0 spiro atoms. The standard InChI is InChI=1S/C17H24N4S/c1-13-7-5-8-14(21-13)11-19-16(18-4)20-12-17(2,3)15-9-6-10-22-15/h5-10H,11-12H2,1-4H3,(H2,18,19,20). The molecule has 0 fully saturated rings. The van der Waals surface area contributed by atoms with E-state index < -0.39 is 0 Å². The van der Waals surface area contributed by atoms with Gasteiger partial charge in [-0.1, -0.05) is 26.0 Å². The Balaban J connectivity index is 1.88. The number of aromatic nitrogens is 1. The molecule has 2 N–H and O–H groups in total. The maximum absolute atomic E-state index is 4.49. The van der Waals surface area contributed by atoms with Crippen molar-refractivity contribution in [3.8, 4) is 0 Å². The lowest BCUT2D eigenvalue weighted by Crippen LogP contribution is -2.43. The molecule has 0 saturated carbocycles. The molecule has 2 aromatic rings. The number of nitrogens with zero attached hydrogens (tertiary/aromatic N) is 2. The molecule has 5 heteroatoms. The van der Waals surface area contributed by atoms with Gasteiger partial charge in [0.15, 0.2) is 5.96 Å². The summed E-state index contributed by atoms with van der Waals surface area (Å²) in [5, 5.41) is 8.83. The predicted octanol–water partition coefficient (Wildman–Crippen LogP) is 3.09. The van der Waals surface area contributed by atoms with Crippen molar-refractivity contribution in [3.63, 3.8) is 0 Å². The Bertz CT molecular complexity index is 617. The molecule has 4 nitrogen and oxygen atoms in total. The van der Waals surface area contributed by atoms with Crippen LogP contribution in [0.2, 0.25) is 0 Å². The molecular formula is C17H24N4S. The lowest BCUT2D eigenvalue weighted by molar-refractivity contribution is 0.518. The quantitative estimate of drug-likeness (QED) is 0.658. The monoisotopic (exact) mass is 316 g/mol. The minimum absolute atomic E-state index is 0.0768. The van der Waals surface area contributed by atoms with E-state index in [1.165, 1.54) is 4.88 Å². The fourth-order valence-electron chi connectivity index (χ4n) is 2.15. The van der Waals surface area contributed by atoms with Gasteiger partial charge in [0.05, 0.1) is 12.2 Å². The minimum Gasteiger partial charge on any atom is -0.356 e. The lowest BCUT2D eigenvalue weighted by Gasteiger charge is -2.25. The Hall–Kier alpha value is -1.88. The van der Waals surface area contributed by atoms with E-state index in [4.69, 9.17) is 0 Å². The van der Waals surface area contributed by atoms with E-state index in [0.717, 1.165) is 23.9 Å². The number of pyridine rings is 1. The van der Waals surface area contributed by atoms with Gasteiger partial charge in [0.2, 0.25) is 0 Å². The number of thiophene rings is 1. The van der Waals surface area contributed by atoms with Crippen LogP contribution < -0.4 is 10.6 Å². The highest BCUT2D eigenvalue weighted by molar-refractivity contribution is 7.10.